The highest BCUT2D eigenvalue weighted by atomic mass is 16.6. The smallest absolute Gasteiger partial charge is 0.408 e. The number of carbonyl (C=O) groups excluding carboxylic acids is 8. The lowest BCUT2D eigenvalue weighted by molar-refractivity contribution is -0.144. The number of Topliss-reactive ketones (excluding diaryl/α,β-unsaturated/α-hetero) is 1. The fourth-order valence-electron chi connectivity index (χ4n) is 9.92. The molecule has 0 saturated heterocycles. The van der Waals surface area contributed by atoms with Crippen LogP contribution in [0.15, 0.2) is 212 Å². The molecule has 0 fully saturated rings. The fourth-order valence-corrected chi connectivity index (χ4v) is 9.92. The number of hydrogen-bond donors (Lipinski definition) is 6. The number of benzene rings is 7. The lowest BCUT2D eigenvalue weighted by atomic mass is 9.77. The summed E-state index contributed by atoms with van der Waals surface area (Å²) in [6.45, 7) is 6.32. The third-order valence-corrected chi connectivity index (χ3v) is 13.8. The Morgan fingerprint density at radius 2 is 0.735 bits per heavy atom. The van der Waals surface area contributed by atoms with E-state index in [1.165, 1.54) is 14.0 Å². The molecular formula is C67H70N6O10. The molecular weight excluding hydrogens is 1050 g/mol. The molecule has 7 aromatic carbocycles. The normalized spacial score (nSPS) is 12.8. The minimum atomic E-state index is -1.79. The number of ether oxygens (including phenoxy) is 2. The second-order valence-electron chi connectivity index (χ2n) is 21.0. The minimum absolute atomic E-state index is 0.0629. The number of hydrogen-bond acceptors (Lipinski definition) is 10. The predicted octanol–water partition coefficient (Wildman–Crippen LogP) is 8.12. The highest BCUT2D eigenvalue weighted by Gasteiger charge is 2.42. The Bertz CT molecular complexity index is 3100. The van der Waals surface area contributed by atoms with Gasteiger partial charge in [0.25, 0.3) is 0 Å². The van der Waals surface area contributed by atoms with E-state index in [1.807, 2.05) is 182 Å². The number of carbonyl (C=O) groups is 8. The van der Waals surface area contributed by atoms with Gasteiger partial charge in [0.05, 0.1) is 26.0 Å². The van der Waals surface area contributed by atoms with Crippen LogP contribution >= 0.6 is 0 Å². The van der Waals surface area contributed by atoms with Crippen molar-refractivity contribution in [3.63, 3.8) is 0 Å². The lowest BCUT2D eigenvalue weighted by Crippen LogP contribution is -2.59. The molecule has 0 spiro atoms. The first kappa shape index (κ1) is 60.9. The van der Waals surface area contributed by atoms with E-state index in [0.717, 1.165) is 0 Å². The van der Waals surface area contributed by atoms with Crippen molar-refractivity contribution in [2.75, 3.05) is 7.11 Å². The highest BCUT2D eigenvalue weighted by Crippen LogP contribution is 2.38. The second kappa shape index (κ2) is 28.6. The quantitative estimate of drug-likeness (QED) is 0.0238. The van der Waals surface area contributed by atoms with Crippen molar-refractivity contribution < 1.29 is 47.8 Å². The summed E-state index contributed by atoms with van der Waals surface area (Å²) < 4.78 is 10.4. The van der Waals surface area contributed by atoms with E-state index in [9.17, 15) is 19.2 Å². The van der Waals surface area contributed by atoms with Crippen molar-refractivity contribution in [1.82, 2.24) is 31.9 Å². The first-order valence-corrected chi connectivity index (χ1v) is 27.4. The van der Waals surface area contributed by atoms with E-state index in [1.54, 1.807) is 51.1 Å². The molecule has 4 atom stereocenters. The molecule has 0 aliphatic rings. The summed E-state index contributed by atoms with van der Waals surface area (Å²) in [5.74, 6) is -5.34. The summed E-state index contributed by atoms with van der Waals surface area (Å²) in [6, 6.07) is 58.5. The zero-order chi connectivity index (χ0) is 59.4. The number of methoxy groups -OCH3 is 1. The van der Waals surface area contributed by atoms with Gasteiger partial charge in [-0.2, -0.15) is 0 Å². The van der Waals surface area contributed by atoms with Crippen molar-refractivity contribution in [2.24, 2.45) is 0 Å². The van der Waals surface area contributed by atoms with Crippen LogP contribution in [0.2, 0.25) is 0 Å². The van der Waals surface area contributed by atoms with Crippen LogP contribution in [-0.4, -0.2) is 84.3 Å². The summed E-state index contributed by atoms with van der Waals surface area (Å²) in [7, 11) is 1.18. The predicted molar refractivity (Wildman–Crippen MR) is 315 cm³/mol. The molecule has 0 saturated carbocycles. The van der Waals surface area contributed by atoms with Gasteiger partial charge >= 0.3 is 12.1 Å². The van der Waals surface area contributed by atoms with Gasteiger partial charge in [-0.25, -0.2) is 9.59 Å². The number of alkyl carbamates (subject to hydrolysis) is 1. The number of esters is 1. The van der Waals surface area contributed by atoms with Crippen LogP contribution in [0.1, 0.15) is 92.3 Å². The van der Waals surface area contributed by atoms with Gasteiger partial charge in [-0.05, 0) is 73.1 Å². The fraction of sp³-hybridized carbons (Fsp3) is 0.254. The molecule has 16 nitrogen and oxygen atoms in total. The van der Waals surface area contributed by atoms with E-state index < -0.39 is 101 Å². The Morgan fingerprint density at radius 3 is 1.07 bits per heavy atom. The van der Waals surface area contributed by atoms with E-state index in [0.29, 0.717) is 38.9 Å². The number of amides is 6. The highest BCUT2D eigenvalue weighted by molar-refractivity contribution is 5.99. The molecule has 0 unspecified atom stereocenters. The van der Waals surface area contributed by atoms with E-state index in [-0.39, 0.29) is 19.3 Å². The number of rotatable bonds is 25. The van der Waals surface area contributed by atoms with Gasteiger partial charge in [0.2, 0.25) is 29.5 Å². The molecule has 7 aromatic rings. The zero-order valence-corrected chi connectivity index (χ0v) is 47.1. The molecule has 0 aliphatic heterocycles. The van der Waals surface area contributed by atoms with Crippen molar-refractivity contribution in [3.8, 4) is 0 Å². The molecule has 7 rings (SSSR count). The summed E-state index contributed by atoms with van der Waals surface area (Å²) in [5, 5.41) is 17.0. The topological polar surface area (TPSA) is 227 Å². The largest absolute Gasteiger partial charge is 0.467 e. The van der Waals surface area contributed by atoms with Crippen LogP contribution in [0.4, 0.5) is 4.79 Å². The summed E-state index contributed by atoms with van der Waals surface area (Å²) in [4.78, 5) is 114. The summed E-state index contributed by atoms with van der Waals surface area (Å²) >= 11 is 0. The lowest BCUT2D eigenvalue weighted by Gasteiger charge is -2.37. The number of nitrogens with one attached hydrogen (secondary N) is 6. The average Bonchev–Trinajstić information content (AvgIpc) is 3.67. The molecule has 0 aliphatic carbocycles. The van der Waals surface area contributed by atoms with Gasteiger partial charge in [-0.1, -0.05) is 212 Å². The Kier molecular flexibility index (Phi) is 21.0. The van der Waals surface area contributed by atoms with Crippen LogP contribution in [0, 0.1) is 0 Å². The second-order valence-corrected chi connectivity index (χ2v) is 21.0. The molecule has 0 bridgehead atoms. The SMILES string of the molecule is COC(=O)[C@H](C)NC(=O)CCC(=O)[C@H](Cc1ccccc1)NC(=O)[C@H](CC(=O)NC(c1ccccc1)(c1ccccc1)c1ccccc1)NC(=O)[C@H](CC(=O)NC(c1ccccc1)(c1ccccc1)c1ccccc1)NC(=O)OC(C)(C)C. The average molecular weight is 1120 g/mol. The molecule has 83 heavy (non-hydrogen) atoms. The van der Waals surface area contributed by atoms with Crippen LogP contribution in [0.3, 0.4) is 0 Å². The van der Waals surface area contributed by atoms with Gasteiger partial charge < -0.3 is 41.4 Å². The maximum Gasteiger partial charge on any atom is 0.408 e. The molecule has 0 heterocycles. The first-order chi connectivity index (χ1) is 39.9. The maximum atomic E-state index is 15.2. The van der Waals surface area contributed by atoms with Gasteiger partial charge in [-0.3, -0.25) is 28.8 Å². The Hall–Kier alpha value is -9.70. The third kappa shape index (κ3) is 16.2. The monoisotopic (exact) mass is 1120 g/mol. The first-order valence-electron chi connectivity index (χ1n) is 27.4. The van der Waals surface area contributed by atoms with Crippen molar-refractivity contribution >= 4 is 47.4 Å². The van der Waals surface area contributed by atoms with E-state index in [2.05, 4.69) is 31.9 Å². The van der Waals surface area contributed by atoms with Gasteiger partial charge in [-0.15, -0.1) is 0 Å². The van der Waals surface area contributed by atoms with Gasteiger partial charge in [0, 0.05) is 12.8 Å². The van der Waals surface area contributed by atoms with Gasteiger partial charge in [0.1, 0.15) is 34.8 Å². The number of ketones is 1. The zero-order valence-electron chi connectivity index (χ0n) is 47.1. The summed E-state index contributed by atoms with van der Waals surface area (Å²) in [6.07, 6.45) is -3.30. The van der Waals surface area contributed by atoms with Crippen molar-refractivity contribution in [3.05, 3.63) is 251 Å². The molecule has 0 aromatic heterocycles. The van der Waals surface area contributed by atoms with Crippen LogP contribution < -0.4 is 31.9 Å². The molecule has 6 amide bonds. The van der Waals surface area contributed by atoms with Crippen molar-refractivity contribution in [1.29, 1.82) is 0 Å². The Balaban J connectivity index is 1.28. The standard InChI is InChI=1S/C67H70N6O10/c1-46(63(80)82-5)68-58(75)42-41-57(74)54(43-47-27-13-6-14-28-47)69-61(78)55(44-59(76)72-66(48-29-15-7-16-30-48,49-31-17-8-18-32-49)50-33-19-9-20-34-50)70-62(79)56(71-64(81)83-65(2,3)4)45-60(77)73-67(51-35-21-10-22-36-51,52-37-23-11-24-38-52)53-39-25-12-26-40-53/h6-40,46,54-56H,41-45H2,1-5H3,(H,68,75)(H,69,78)(H,70,79)(H,71,81)(H,72,76)(H,73,77)/t46-,54-,55-,56-/m0/s1. The Morgan fingerprint density at radius 1 is 0.410 bits per heavy atom. The van der Waals surface area contributed by atoms with Crippen molar-refractivity contribution in [2.45, 2.75) is 101 Å². The van der Waals surface area contributed by atoms with Crippen LogP contribution in [0.5, 0.6) is 0 Å². The van der Waals surface area contributed by atoms with Gasteiger partial charge in [0.15, 0.2) is 5.78 Å². The molecule has 16 heteroatoms. The molecule has 428 valence electrons. The molecule has 6 N–H and O–H groups in total. The molecule has 0 radical (unpaired) electrons. The van der Waals surface area contributed by atoms with Crippen LogP contribution in [-0.2, 0) is 60.5 Å². The van der Waals surface area contributed by atoms with Crippen LogP contribution in [0.25, 0.3) is 0 Å². The minimum Gasteiger partial charge on any atom is -0.467 e. The van der Waals surface area contributed by atoms with E-state index >= 15 is 19.2 Å². The maximum absolute atomic E-state index is 15.2. The summed E-state index contributed by atoms with van der Waals surface area (Å²) in [5.41, 5.74) is 0.924. The Labute approximate surface area is 484 Å². The third-order valence-electron chi connectivity index (χ3n) is 13.8. The van der Waals surface area contributed by atoms with E-state index in [4.69, 9.17) is 9.47 Å².